The summed E-state index contributed by atoms with van der Waals surface area (Å²) in [6, 6.07) is 14.6. The van der Waals surface area contributed by atoms with Gasteiger partial charge in [0.25, 0.3) is 0 Å². The molecule has 3 aromatic rings. The number of benzene rings is 1. The second-order valence-electron chi connectivity index (χ2n) is 7.01. The van der Waals surface area contributed by atoms with E-state index in [-0.39, 0.29) is 5.92 Å². The summed E-state index contributed by atoms with van der Waals surface area (Å²) < 4.78 is 11.1. The zero-order valence-electron chi connectivity index (χ0n) is 16.0. The molecule has 1 aliphatic heterocycles. The Kier molecular flexibility index (Phi) is 5.29. The molecule has 1 N–H and O–H groups in total. The van der Waals surface area contributed by atoms with Crippen molar-refractivity contribution in [2.45, 2.75) is 19.3 Å². The molecular formula is C22H21N3O4. The number of carbonyl (C=O) groups excluding carboxylic acids is 2. The first-order valence-corrected chi connectivity index (χ1v) is 9.43. The zero-order chi connectivity index (χ0) is 20.2. The molecule has 2 aromatic heterocycles. The lowest BCUT2D eigenvalue weighted by molar-refractivity contribution is -0.142. The fourth-order valence-electron chi connectivity index (χ4n) is 3.27. The molecule has 0 bridgehead atoms. The van der Waals surface area contributed by atoms with Gasteiger partial charge >= 0.3 is 11.8 Å². The molecule has 0 aliphatic carbocycles. The zero-order valence-corrected chi connectivity index (χ0v) is 16.0. The third kappa shape index (κ3) is 4.45. The van der Waals surface area contributed by atoms with Crippen LogP contribution in [-0.2, 0) is 9.59 Å². The quantitative estimate of drug-likeness (QED) is 0.685. The lowest BCUT2D eigenvalue weighted by Gasteiger charge is -2.15. The van der Waals surface area contributed by atoms with Crippen LogP contribution in [-0.4, -0.2) is 34.8 Å². The van der Waals surface area contributed by atoms with Gasteiger partial charge < -0.3 is 19.4 Å². The number of nitrogens with one attached hydrogen (secondary N) is 1. The molecule has 3 heterocycles. The van der Waals surface area contributed by atoms with Crippen LogP contribution in [0.5, 0.6) is 11.6 Å². The van der Waals surface area contributed by atoms with Crippen molar-refractivity contribution in [3.8, 4) is 11.6 Å². The van der Waals surface area contributed by atoms with Gasteiger partial charge in [0.2, 0.25) is 5.88 Å². The second kappa shape index (κ2) is 8.18. The molecule has 1 saturated heterocycles. The summed E-state index contributed by atoms with van der Waals surface area (Å²) in [5.74, 6) is 0.808. The number of aryl methyl sites for hydroxylation is 1. The molecule has 0 unspecified atom stereocenters. The van der Waals surface area contributed by atoms with Crippen LogP contribution in [0.1, 0.15) is 23.7 Å². The van der Waals surface area contributed by atoms with Gasteiger partial charge in [-0.1, -0.05) is 17.7 Å². The number of anilines is 1. The molecule has 148 valence electrons. The number of carbonyl (C=O) groups is 2. The predicted molar refractivity (Wildman–Crippen MR) is 107 cm³/mol. The van der Waals surface area contributed by atoms with Gasteiger partial charge in [0.15, 0.2) is 0 Å². The highest BCUT2D eigenvalue weighted by Crippen LogP contribution is 2.27. The maximum absolute atomic E-state index is 12.4. The largest absolute Gasteiger partial charge is 0.469 e. The summed E-state index contributed by atoms with van der Waals surface area (Å²) in [4.78, 5) is 30.5. The molecular weight excluding hydrogens is 370 g/mol. The van der Waals surface area contributed by atoms with Gasteiger partial charge in [-0.25, -0.2) is 4.98 Å². The van der Waals surface area contributed by atoms with E-state index in [2.05, 4.69) is 10.3 Å². The van der Waals surface area contributed by atoms with Crippen molar-refractivity contribution in [1.29, 1.82) is 0 Å². The molecule has 1 aliphatic rings. The molecule has 2 amide bonds. The average molecular weight is 391 g/mol. The smallest absolute Gasteiger partial charge is 0.313 e. The molecule has 1 fully saturated rings. The Hall–Kier alpha value is -3.61. The maximum atomic E-state index is 12.4. The lowest BCUT2D eigenvalue weighted by atomic mass is 10.1. The highest BCUT2D eigenvalue weighted by atomic mass is 16.5. The Morgan fingerprint density at radius 1 is 1.17 bits per heavy atom. The third-order valence-electron chi connectivity index (χ3n) is 4.85. The fraction of sp³-hybridized carbons (Fsp3) is 0.227. The maximum Gasteiger partial charge on any atom is 0.313 e. The van der Waals surface area contributed by atoms with E-state index >= 15 is 0 Å². The van der Waals surface area contributed by atoms with Crippen LogP contribution in [0.3, 0.4) is 0 Å². The van der Waals surface area contributed by atoms with Crippen molar-refractivity contribution in [3.63, 3.8) is 0 Å². The Morgan fingerprint density at radius 2 is 2.00 bits per heavy atom. The van der Waals surface area contributed by atoms with E-state index < -0.39 is 11.8 Å². The Morgan fingerprint density at radius 3 is 2.69 bits per heavy atom. The minimum absolute atomic E-state index is 0.127. The minimum atomic E-state index is -0.681. The van der Waals surface area contributed by atoms with E-state index in [1.165, 1.54) is 6.20 Å². The highest BCUT2D eigenvalue weighted by molar-refractivity contribution is 6.39. The summed E-state index contributed by atoms with van der Waals surface area (Å²) in [6.45, 7) is 3.00. The van der Waals surface area contributed by atoms with E-state index in [0.717, 1.165) is 17.7 Å². The standard InChI is InChI=1S/C22H21N3O4/c1-15-4-7-18(8-5-15)29-20-9-6-17(13-23-20)24-21(26)22(27)25-11-10-16(14-25)19-3-2-12-28-19/h2-9,12-13,16H,10-11,14H2,1H3,(H,24,26)/t16-/m0/s1. The van der Waals surface area contributed by atoms with Gasteiger partial charge in [-0.15, -0.1) is 0 Å². The molecule has 1 aromatic carbocycles. The van der Waals surface area contributed by atoms with E-state index in [9.17, 15) is 9.59 Å². The van der Waals surface area contributed by atoms with Crippen molar-refractivity contribution >= 4 is 17.5 Å². The van der Waals surface area contributed by atoms with Crippen molar-refractivity contribution in [2.24, 2.45) is 0 Å². The summed E-state index contributed by atoms with van der Waals surface area (Å²) in [7, 11) is 0. The second-order valence-corrected chi connectivity index (χ2v) is 7.01. The van der Waals surface area contributed by atoms with Gasteiger partial charge in [-0.05, 0) is 43.7 Å². The minimum Gasteiger partial charge on any atom is -0.469 e. The molecule has 7 heteroatoms. The van der Waals surface area contributed by atoms with Crippen LogP contribution in [0.25, 0.3) is 0 Å². The van der Waals surface area contributed by atoms with Crippen LogP contribution in [0.4, 0.5) is 5.69 Å². The molecule has 4 rings (SSSR count). The van der Waals surface area contributed by atoms with Gasteiger partial charge in [-0.2, -0.15) is 0 Å². The monoisotopic (exact) mass is 391 g/mol. The van der Waals surface area contributed by atoms with Crippen LogP contribution in [0, 0.1) is 6.92 Å². The number of furan rings is 1. The topological polar surface area (TPSA) is 84.7 Å². The number of pyridine rings is 1. The van der Waals surface area contributed by atoms with Gasteiger partial charge in [0, 0.05) is 25.1 Å². The first kappa shape index (κ1) is 18.7. The van der Waals surface area contributed by atoms with Crippen LogP contribution < -0.4 is 10.1 Å². The molecule has 1 atom stereocenters. The Bertz CT molecular complexity index is 982. The normalized spacial score (nSPS) is 15.9. The molecule has 0 radical (unpaired) electrons. The van der Waals surface area contributed by atoms with Crippen molar-refractivity contribution in [2.75, 3.05) is 18.4 Å². The summed E-state index contributed by atoms with van der Waals surface area (Å²) in [6.07, 6.45) is 3.86. The number of aromatic nitrogens is 1. The lowest BCUT2D eigenvalue weighted by Crippen LogP contribution is -2.38. The third-order valence-corrected chi connectivity index (χ3v) is 4.85. The fourth-order valence-corrected chi connectivity index (χ4v) is 3.27. The van der Waals surface area contributed by atoms with E-state index in [0.29, 0.717) is 30.4 Å². The van der Waals surface area contributed by atoms with Crippen LogP contribution in [0.15, 0.2) is 65.4 Å². The summed E-state index contributed by atoms with van der Waals surface area (Å²) in [5, 5.41) is 2.60. The van der Waals surface area contributed by atoms with Crippen LogP contribution in [0.2, 0.25) is 0 Å². The first-order chi connectivity index (χ1) is 14.1. The van der Waals surface area contributed by atoms with Gasteiger partial charge in [0.1, 0.15) is 11.5 Å². The predicted octanol–water partition coefficient (Wildman–Crippen LogP) is 3.73. The summed E-state index contributed by atoms with van der Waals surface area (Å²) >= 11 is 0. The van der Waals surface area contributed by atoms with E-state index in [1.807, 2.05) is 43.3 Å². The SMILES string of the molecule is Cc1ccc(Oc2ccc(NC(=O)C(=O)N3CC[C@H](c4ccco4)C3)cn2)cc1. The van der Waals surface area contributed by atoms with E-state index in [4.69, 9.17) is 9.15 Å². The molecule has 7 nitrogen and oxygen atoms in total. The molecule has 0 saturated carbocycles. The number of ether oxygens (including phenoxy) is 1. The molecule has 29 heavy (non-hydrogen) atoms. The average Bonchev–Trinajstić information content (AvgIpc) is 3.42. The first-order valence-electron chi connectivity index (χ1n) is 9.43. The highest BCUT2D eigenvalue weighted by Gasteiger charge is 2.32. The summed E-state index contributed by atoms with van der Waals surface area (Å²) in [5.41, 5.74) is 1.57. The van der Waals surface area contributed by atoms with E-state index in [1.54, 1.807) is 23.3 Å². The number of rotatable bonds is 4. The van der Waals surface area contributed by atoms with Crippen molar-refractivity contribution in [1.82, 2.24) is 9.88 Å². The number of likely N-dealkylation sites (tertiary alicyclic amines) is 1. The van der Waals surface area contributed by atoms with Crippen molar-refractivity contribution < 1.29 is 18.7 Å². The number of amides is 2. The Labute approximate surface area is 168 Å². The van der Waals surface area contributed by atoms with Gasteiger partial charge in [0.05, 0.1) is 18.1 Å². The molecule has 0 spiro atoms. The number of hydrogen-bond donors (Lipinski definition) is 1. The van der Waals surface area contributed by atoms with Crippen LogP contribution >= 0.6 is 0 Å². The van der Waals surface area contributed by atoms with Crippen molar-refractivity contribution in [3.05, 3.63) is 72.3 Å². The van der Waals surface area contributed by atoms with Gasteiger partial charge in [-0.3, -0.25) is 9.59 Å². The number of nitrogens with zero attached hydrogens (tertiary/aromatic N) is 2. The Balaban J connectivity index is 1.32. The number of hydrogen-bond acceptors (Lipinski definition) is 5.